The number of ether oxygens (including phenoxy) is 1. The van der Waals surface area contributed by atoms with Crippen molar-refractivity contribution in [1.29, 1.82) is 0 Å². The molecular weight excluding hydrogens is 291 g/mol. The van der Waals surface area contributed by atoms with Gasteiger partial charge in [-0.3, -0.25) is 4.79 Å². The molecule has 116 valence electrons. The number of likely N-dealkylation sites (tertiary alicyclic amines) is 1. The molecule has 0 aliphatic carbocycles. The van der Waals surface area contributed by atoms with Crippen LogP contribution < -0.4 is 4.74 Å². The number of rotatable bonds is 3. The molecule has 1 aliphatic heterocycles. The fourth-order valence-electron chi connectivity index (χ4n) is 2.64. The van der Waals surface area contributed by atoms with Gasteiger partial charge in [-0.15, -0.1) is 0 Å². The largest absolute Gasteiger partial charge is 0.479 e. The third kappa shape index (κ3) is 2.67. The second-order valence-corrected chi connectivity index (χ2v) is 5.15. The average Bonchev–Trinajstić information content (AvgIpc) is 3.14. The molecule has 6 nitrogen and oxygen atoms in total. The summed E-state index contributed by atoms with van der Waals surface area (Å²) in [5.41, 5.74) is 0.762. The Morgan fingerprint density at radius 1 is 1.45 bits per heavy atom. The Kier molecular flexibility index (Phi) is 3.81. The first kappa shape index (κ1) is 14.5. The number of benzene rings is 1. The molecule has 1 N–H and O–H groups in total. The third-order valence-corrected chi connectivity index (χ3v) is 3.70. The summed E-state index contributed by atoms with van der Waals surface area (Å²) in [6, 6.07) is 6.95. The third-order valence-electron chi connectivity index (χ3n) is 3.70. The van der Waals surface area contributed by atoms with Crippen molar-refractivity contribution in [2.75, 3.05) is 13.7 Å². The summed E-state index contributed by atoms with van der Waals surface area (Å²) in [5.74, 6) is -0.485. The highest BCUT2D eigenvalue weighted by Gasteiger charge is 2.37. The van der Waals surface area contributed by atoms with Crippen LogP contribution in [0, 0.1) is 5.82 Å². The second-order valence-electron chi connectivity index (χ2n) is 5.15. The molecule has 0 radical (unpaired) electrons. The molecule has 1 aromatic carbocycles. The molecule has 3 rings (SSSR count). The van der Waals surface area contributed by atoms with Crippen LogP contribution in [0.2, 0.25) is 0 Å². The fraction of sp³-hybridized carbons (Fsp3) is 0.333. The summed E-state index contributed by atoms with van der Waals surface area (Å²) in [6.45, 7) is 0.184. The van der Waals surface area contributed by atoms with Crippen molar-refractivity contribution in [1.82, 2.24) is 10.1 Å². The van der Waals surface area contributed by atoms with E-state index in [2.05, 4.69) is 5.16 Å². The molecule has 1 saturated heterocycles. The van der Waals surface area contributed by atoms with Gasteiger partial charge in [0.15, 0.2) is 0 Å². The van der Waals surface area contributed by atoms with Crippen LogP contribution in [0.25, 0.3) is 0 Å². The van der Waals surface area contributed by atoms with Gasteiger partial charge in [-0.25, -0.2) is 4.39 Å². The first-order valence-electron chi connectivity index (χ1n) is 6.83. The van der Waals surface area contributed by atoms with Gasteiger partial charge < -0.3 is 19.3 Å². The molecule has 0 spiro atoms. The Hall–Kier alpha value is -2.41. The summed E-state index contributed by atoms with van der Waals surface area (Å²) < 4.78 is 22.9. The topological polar surface area (TPSA) is 75.8 Å². The Balaban J connectivity index is 1.86. The van der Waals surface area contributed by atoms with Gasteiger partial charge in [0.1, 0.15) is 5.82 Å². The monoisotopic (exact) mass is 306 g/mol. The van der Waals surface area contributed by atoms with E-state index in [1.165, 1.54) is 30.2 Å². The number of halogens is 1. The minimum Gasteiger partial charge on any atom is -0.479 e. The van der Waals surface area contributed by atoms with E-state index in [-0.39, 0.29) is 36.0 Å². The summed E-state index contributed by atoms with van der Waals surface area (Å²) in [5, 5.41) is 13.5. The van der Waals surface area contributed by atoms with Crippen molar-refractivity contribution >= 4 is 5.91 Å². The molecule has 22 heavy (non-hydrogen) atoms. The van der Waals surface area contributed by atoms with Gasteiger partial charge >= 0.3 is 0 Å². The van der Waals surface area contributed by atoms with E-state index in [4.69, 9.17) is 9.26 Å². The highest BCUT2D eigenvalue weighted by Crippen LogP contribution is 2.33. The predicted molar refractivity (Wildman–Crippen MR) is 73.9 cm³/mol. The van der Waals surface area contributed by atoms with E-state index in [0.717, 1.165) is 5.56 Å². The lowest BCUT2D eigenvalue weighted by Gasteiger charge is -2.23. The number of methoxy groups -OCH3 is 1. The van der Waals surface area contributed by atoms with E-state index in [1.54, 1.807) is 12.1 Å². The molecule has 0 unspecified atom stereocenters. The molecule has 2 heterocycles. The Bertz CT molecular complexity index is 670. The Morgan fingerprint density at radius 3 is 2.82 bits per heavy atom. The van der Waals surface area contributed by atoms with Gasteiger partial charge in [-0.1, -0.05) is 12.1 Å². The Labute approximate surface area is 126 Å². The number of aliphatic hydroxyl groups excluding tert-OH is 1. The number of carbonyl (C=O) groups excluding carboxylic acids is 1. The molecule has 1 fully saturated rings. The normalized spacial score (nSPS) is 21.1. The minimum atomic E-state index is -0.635. The smallest absolute Gasteiger partial charge is 0.293 e. The number of hydrogen-bond acceptors (Lipinski definition) is 5. The lowest BCUT2D eigenvalue weighted by molar-refractivity contribution is 0.0673. The molecule has 7 heteroatoms. The van der Waals surface area contributed by atoms with Crippen molar-refractivity contribution in [3.8, 4) is 5.88 Å². The van der Waals surface area contributed by atoms with Crippen LogP contribution in [0.3, 0.4) is 0 Å². The van der Waals surface area contributed by atoms with Gasteiger partial charge in [0, 0.05) is 6.54 Å². The van der Waals surface area contributed by atoms with Gasteiger partial charge in [-0.2, -0.15) is 0 Å². The van der Waals surface area contributed by atoms with Crippen LogP contribution >= 0.6 is 0 Å². The number of aromatic nitrogens is 1. The quantitative estimate of drug-likeness (QED) is 0.935. The summed E-state index contributed by atoms with van der Waals surface area (Å²) in [7, 11) is 1.42. The van der Waals surface area contributed by atoms with Crippen molar-refractivity contribution in [3.63, 3.8) is 0 Å². The van der Waals surface area contributed by atoms with E-state index in [9.17, 15) is 14.3 Å². The number of amides is 1. The van der Waals surface area contributed by atoms with Crippen LogP contribution in [-0.2, 0) is 0 Å². The van der Waals surface area contributed by atoms with Crippen molar-refractivity contribution in [2.24, 2.45) is 0 Å². The first-order valence-corrected chi connectivity index (χ1v) is 6.83. The van der Waals surface area contributed by atoms with E-state index in [0.29, 0.717) is 6.42 Å². The van der Waals surface area contributed by atoms with Gasteiger partial charge in [-0.05, 0) is 29.3 Å². The minimum absolute atomic E-state index is 0.0399. The average molecular weight is 306 g/mol. The molecule has 1 amide bonds. The summed E-state index contributed by atoms with van der Waals surface area (Å²) >= 11 is 0. The molecule has 1 aromatic heterocycles. The van der Waals surface area contributed by atoms with Crippen LogP contribution in [0.4, 0.5) is 4.39 Å². The fourth-order valence-corrected chi connectivity index (χ4v) is 2.64. The van der Waals surface area contributed by atoms with E-state index in [1.807, 2.05) is 0 Å². The van der Waals surface area contributed by atoms with Gasteiger partial charge in [0.05, 0.1) is 25.3 Å². The SMILES string of the molecule is COc1cc(C(=O)N2C[C@@H](O)C[C@H]2c2ccc(F)cc2)on1. The summed E-state index contributed by atoms with van der Waals surface area (Å²) in [6.07, 6.45) is -0.244. The predicted octanol–water partition coefficient (Wildman–Crippen LogP) is 1.77. The molecule has 1 aliphatic rings. The molecule has 2 aromatic rings. The molecule has 2 atom stereocenters. The first-order chi connectivity index (χ1) is 10.6. The zero-order valence-corrected chi connectivity index (χ0v) is 11.9. The molecular formula is C15H15FN2O4. The summed E-state index contributed by atoms with van der Waals surface area (Å²) in [4.78, 5) is 14.0. The van der Waals surface area contributed by atoms with Crippen LogP contribution in [-0.4, -0.2) is 40.8 Å². The number of nitrogens with zero attached hydrogens (tertiary/aromatic N) is 2. The maximum atomic E-state index is 13.0. The number of β-amino-alcohol motifs (C(OH)–C–C–N with tert-alkyl or cyclic N) is 1. The maximum absolute atomic E-state index is 13.0. The highest BCUT2D eigenvalue weighted by molar-refractivity contribution is 5.92. The van der Waals surface area contributed by atoms with Crippen LogP contribution in [0.5, 0.6) is 5.88 Å². The second kappa shape index (κ2) is 5.76. The maximum Gasteiger partial charge on any atom is 0.293 e. The number of carbonyl (C=O) groups is 1. The Morgan fingerprint density at radius 2 is 2.18 bits per heavy atom. The van der Waals surface area contributed by atoms with E-state index >= 15 is 0 Å². The van der Waals surface area contributed by atoms with Gasteiger partial charge in [0.2, 0.25) is 5.76 Å². The van der Waals surface area contributed by atoms with E-state index < -0.39 is 6.10 Å². The molecule has 0 bridgehead atoms. The molecule has 0 saturated carbocycles. The lowest BCUT2D eigenvalue weighted by atomic mass is 10.0. The van der Waals surface area contributed by atoms with Crippen LogP contribution in [0.1, 0.15) is 28.6 Å². The van der Waals surface area contributed by atoms with Gasteiger partial charge in [0.25, 0.3) is 11.8 Å². The van der Waals surface area contributed by atoms with Crippen molar-refractivity contribution in [3.05, 3.63) is 47.5 Å². The standard InChI is InChI=1S/C15H15FN2O4/c1-21-14-7-13(22-17-14)15(20)18-8-11(19)6-12(18)9-2-4-10(16)5-3-9/h2-5,7,11-12,19H,6,8H2,1H3/t11-,12-/m0/s1. The zero-order chi connectivity index (χ0) is 15.7. The zero-order valence-electron chi connectivity index (χ0n) is 11.9. The number of aliphatic hydroxyl groups is 1. The number of hydrogen-bond donors (Lipinski definition) is 1. The lowest BCUT2D eigenvalue weighted by Crippen LogP contribution is -2.31. The van der Waals surface area contributed by atoms with Crippen LogP contribution in [0.15, 0.2) is 34.9 Å². The van der Waals surface area contributed by atoms with Crippen molar-refractivity contribution < 1.29 is 23.6 Å². The highest BCUT2D eigenvalue weighted by atomic mass is 19.1. The van der Waals surface area contributed by atoms with Crippen molar-refractivity contribution in [2.45, 2.75) is 18.6 Å².